The third-order valence-electron chi connectivity index (χ3n) is 6.44. The van der Waals surface area contributed by atoms with Crippen LogP contribution in [0, 0.1) is 34.8 Å². The van der Waals surface area contributed by atoms with Gasteiger partial charge in [0.2, 0.25) is 5.91 Å². The van der Waals surface area contributed by atoms with Gasteiger partial charge >= 0.3 is 0 Å². The first-order valence-electron chi connectivity index (χ1n) is 9.23. The van der Waals surface area contributed by atoms with Gasteiger partial charge in [-0.25, -0.2) is 13.8 Å². The Morgan fingerprint density at radius 1 is 1.12 bits per heavy atom. The molecule has 26 heavy (non-hydrogen) atoms. The Balaban J connectivity index is 1.36. The first-order chi connectivity index (χ1) is 12.5. The lowest BCUT2D eigenvalue weighted by Gasteiger charge is -2.55. The topological polar surface area (TPSA) is 42.0 Å². The van der Waals surface area contributed by atoms with E-state index in [0.717, 1.165) is 25.3 Å². The van der Waals surface area contributed by atoms with Crippen LogP contribution in [0.1, 0.15) is 38.5 Å². The van der Waals surface area contributed by atoms with E-state index in [1.165, 1.54) is 48.9 Å². The van der Waals surface area contributed by atoms with E-state index in [1.54, 1.807) is 0 Å². The molecule has 4 fully saturated rings. The number of benzene rings is 1. The van der Waals surface area contributed by atoms with Gasteiger partial charge in [-0.1, -0.05) is 11.3 Å². The lowest BCUT2D eigenvalue weighted by molar-refractivity contribution is -0.140. The highest BCUT2D eigenvalue weighted by molar-refractivity contribution is 7.19. The number of aromatic nitrogens is 1. The molecule has 4 bridgehead atoms. The van der Waals surface area contributed by atoms with E-state index in [1.807, 2.05) is 0 Å². The highest BCUT2D eigenvalue weighted by Crippen LogP contribution is 2.60. The van der Waals surface area contributed by atoms with Crippen molar-refractivity contribution in [2.24, 2.45) is 23.2 Å². The van der Waals surface area contributed by atoms with Crippen LogP contribution in [0.4, 0.5) is 13.9 Å². The molecule has 2 aromatic rings. The SMILES string of the molecule is O=C(Nc1ncc(-c2ccc(F)cc2F)s1)C12CC3CC(CC(C3)C1)C2. The van der Waals surface area contributed by atoms with Gasteiger partial charge in [-0.15, -0.1) is 0 Å². The molecule has 1 N–H and O–H groups in total. The number of nitrogens with one attached hydrogen (secondary N) is 1. The summed E-state index contributed by atoms with van der Waals surface area (Å²) in [6, 6.07) is 3.50. The fraction of sp³-hybridized carbons (Fsp3) is 0.500. The number of nitrogens with zero attached hydrogens (tertiary/aromatic N) is 1. The average Bonchev–Trinajstić information content (AvgIpc) is 3.01. The Morgan fingerprint density at radius 3 is 2.38 bits per heavy atom. The van der Waals surface area contributed by atoms with Crippen LogP contribution in [0.15, 0.2) is 24.4 Å². The molecule has 0 spiro atoms. The van der Waals surface area contributed by atoms with Crippen molar-refractivity contribution in [1.82, 2.24) is 4.98 Å². The van der Waals surface area contributed by atoms with Crippen LogP contribution < -0.4 is 5.32 Å². The van der Waals surface area contributed by atoms with Crippen molar-refractivity contribution in [1.29, 1.82) is 0 Å². The summed E-state index contributed by atoms with van der Waals surface area (Å²) < 4.78 is 27.1. The summed E-state index contributed by atoms with van der Waals surface area (Å²) >= 11 is 1.23. The minimum Gasteiger partial charge on any atom is -0.301 e. The van der Waals surface area contributed by atoms with Gasteiger partial charge in [0.25, 0.3) is 0 Å². The smallest absolute Gasteiger partial charge is 0.232 e. The second-order valence-corrected chi connectivity index (χ2v) is 9.34. The molecule has 0 unspecified atom stereocenters. The van der Waals surface area contributed by atoms with E-state index in [-0.39, 0.29) is 11.3 Å². The van der Waals surface area contributed by atoms with Gasteiger partial charge in [0.1, 0.15) is 11.6 Å². The molecule has 1 amide bonds. The molecule has 0 atom stereocenters. The van der Waals surface area contributed by atoms with Crippen LogP contribution >= 0.6 is 11.3 Å². The third kappa shape index (κ3) is 2.66. The lowest BCUT2D eigenvalue weighted by atomic mass is 9.49. The molecular weight excluding hydrogens is 354 g/mol. The fourth-order valence-corrected chi connectivity index (χ4v) is 6.60. The van der Waals surface area contributed by atoms with Crippen LogP contribution in [-0.2, 0) is 4.79 Å². The molecule has 6 heteroatoms. The summed E-state index contributed by atoms with van der Waals surface area (Å²) in [6.45, 7) is 0. The predicted molar refractivity (Wildman–Crippen MR) is 96.7 cm³/mol. The Hall–Kier alpha value is -1.82. The van der Waals surface area contributed by atoms with E-state index in [4.69, 9.17) is 0 Å². The molecule has 4 aliphatic rings. The molecule has 0 radical (unpaired) electrons. The second kappa shape index (κ2) is 5.84. The number of hydrogen-bond donors (Lipinski definition) is 1. The van der Waals surface area contributed by atoms with Crippen LogP contribution in [0.3, 0.4) is 0 Å². The van der Waals surface area contributed by atoms with Crippen LogP contribution in [-0.4, -0.2) is 10.9 Å². The monoisotopic (exact) mass is 374 g/mol. The van der Waals surface area contributed by atoms with Crippen molar-refractivity contribution in [3.63, 3.8) is 0 Å². The molecule has 1 aromatic heterocycles. The number of hydrogen-bond acceptors (Lipinski definition) is 3. The van der Waals surface area contributed by atoms with E-state index < -0.39 is 11.6 Å². The molecule has 4 saturated carbocycles. The molecule has 136 valence electrons. The van der Waals surface area contributed by atoms with Crippen molar-refractivity contribution >= 4 is 22.4 Å². The molecular formula is C20H20F2N2OS. The van der Waals surface area contributed by atoms with Crippen LogP contribution in [0.5, 0.6) is 0 Å². The van der Waals surface area contributed by atoms with Crippen LogP contribution in [0.2, 0.25) is 0 Å². The lowest BCUT2D eigenvalue weighted by Crippen LogP contribution is -2.51. The minimum atomic E-state index is -0.618. The highest BCUT2D eigenvalue weighted by Gasteiger charge is 2.54. The zero-order valence-electron chi connectivity index (χ0n) is 14.3. The average molecular weight is 374 g/mol. The zero-order chi connectivity index (χ0) is 17.9. The van der Waals surface area contributed by atoms with Gasteiger partial charge < -0.3 is 5.32 Å². The number of amides is 1. The summed E-state index contributed by atoms with van der Waals surface area (Å²) in [5, 5.41) is 3.48. The van der Waals surface area contributed by atoms with Crippen molar-refractivity contribution in [3.05, 3.63) is 36.0 Å². The number of anilines is 1. The van der Waals surface area contributed by atoms with E-state index in [0.29, 0.717) is 33.3 Å². The normalized spacial score (nSPS) is 32.0. The summed E-state index contributed by atoms with van der Waals surface area (Å²) in [5.74, 6) is 0.960. The predicted octanol–water partition coefficient (Wildman–Crippen LogP) is 5.24. The van der Waals surface area contributed by atoms with Gasteiger partial charge in [0, 0.05) is 17.8 Å². The van der Waals surface area contributed by atoms with Gasteiger partial charge in [0.15, 0.2) is 5.13 Å². The highest BCUT2D eigenvalue weighted by atomic mass is 32.1. The van der Waals surface area contributed by atoms with E-state index in [2.05, 4.69) is 10.3 Å². The van der Waals surface area contributed by atoms with Crippen molar-refractivity contribution in [3.8, 4) is 10.4 Å². The number of carbonyl (C=O) groups is 1. The molecule has 3 nitrogen and oxygen atoms in total. The maximum Gasteiger partial charge on any atom is 0.232 e. The van der Waals surface area contributed by atoms with E-state index in [9.17, 15) is 13.6 Å². The number of carbonyl (C=O) groups excluding carboxylic acids is 1. The molecule has 6 rings (SSSR count). The summed E-state index contributed by atoms with van der Waals surface area (Å²) in [5.41, 5.74) is 0.0704. The van der Waals surface area contributed by atoms with Gasteiger partial charge in [-0.05, 0) is 68.4 Å². The van der Waals surface area contributed by atoms with Gasteiger partial charge in [-0.2, -0.15) is 0 Å². The standard InChI is InChI=1S/C20H20F2N2OS/c21-14-1-2-15(16(22)6-14)17-10-23-19(26-17)24-18(25)20-7-11-3-12(8-20)5-13(4-11)9-20/h1-2,6,10-13H,3-5,7-9H2,(H,23,24,25). The Bertz CT molecular complexity index is 843. The molecule has 0 aliphatic heterocycles. The number of halogens is 2. The first kappa shape index (κ1) is 16.4. The summed E-state index contributed by atoms with van der Waals surface area (Å²) in [4.78, 5) is 17.9. The Kier molecular flexibility index (Phi) is 3.68. The Labute approximate surface area is 154 Å². The van der Waals surface area contributed by atoms with Crippen molar-refractivity contribution in [2.75, 3.05) is 5.32 Å². The van der Waals surface area contributed by atoms with Crippen molar-refractivity contribution < 1.29 is 13.6 Å². The second-order valence-electron chi connectivity index (χ2n) is 8.31. The zero-order valence-corrected chi connectivity index (χ0v) is 15.1. The van der Waals surface area contributed by atoms with Crippen molar-refractivity contribution in [2.45, 2.75) is 38.5 Å². The molecule has 0 saturated heterocycles. The van der Waals surface area contributed by atoms with Gasteiger partial charge in [0.05, 0.1) is 10.3 Å². The molecule has 1 aromatic carbocycles. The fourth-order valence-electron chi connectivity index (χ4n) is 5.76. The molecule has 4 aliphatic carbocycles. The number of rotatable bonds is 3. The van der Waals surface area contributed by atoms with Crippen LogP contribution in [0.25, 0.3) is 10.4 Å². The maximum atomic E-state index is 14.0. The quantitative estimate of drug-likeness (QED) is 0.798. The Morgan fingerprint density at radius 2 is 1.77 bits per heavy atom. The summed E-state index contributed by atoms with van der Waals surface area (Å²) in [7, 11) is 0. The molecule has 1 heterocycles. The van der Waals surface area contributed by atoms with Gasteiger partial charge in [-0.3, -0.25) is 4.79 Å². The summed E-state index contributed by atoms with van der Waals surface area (Å²) in [6.07, 6.45) is 8.39. The minimum absolute atomic E-state index is 0.0806. The first-order valence-corrected chi connectivity index (χ1v) is 10.1. The van der Waals surface area contributed by atoms with E-state index >= 15 is 0 Å². The maximum absolute atomic E-state index is 14.0. The third-order valence-corrected chi connectivity index (χ3v) is 7.39. The largest absolute Gasteiger partial charge is 0.301 e. The number of thiazole rings is 1.